The molecule has 5 nitrogen and oxygen atoms in total. The van der Waals surface area contributed by atoms with E-state index in [2.05, 4.69) is 0 Å². The first-order valence-electron chi connectivity index (χ1n) is 7.79. The van der Waals surface area contributed by atoms with Gasteiger partial charge >= 0.3 is 6.09 Å². The lowest BCUT2D eigenvalue weighted by atomic mass is 10.1. The lowest BCUT2D eigenvalue weighted by molar-refractivity contribution is 0.0963. The third kappa shape index (κ3) is 3.84. The van der Waals surface area contributed by atoms with Crippen molar-refractivity contribution in [1.29, 1.82) is 0 Å². The Kier molecular flexibility index (Phi) is 5.37. The molecule has 0 aromatic heterocycles. The largest absolute Gasteiger partial charge is 0.486 e. The van der Waals surface area contributed by atoms with Crippen molar-refractivity contribution >= 4 is 35.0 Å². The van der Waals surface area contributed by atoms with E-state index in [0.717, 1.165) is 5.56 Å². The van der Waals surface area contributed by atoms with Gasteiger partial charge in [0.15, 0.2) is 0 Å². The van der Waals surface area contributed by atoms with Gasteiger partial charge in [-0.05, 0) is 43.3 Å². The summed E-state index contributed by atoms with van der Waals surface area (Å²) < 4.78 is 10.9. The summed E-state index contributed by atoms with van der Waals surface area (Å²) in [6.07, 6.45) is -1.29. The summed E-state index contributed by atoms with van der Waals surface area (Å²) in [6.45, 7) is 1.99. The number of nitrogens with zero attached hydrogens (tertiary/aromatic N) is 1. The highest BCUT2D eigenvalue weighted by Crippen LogP contribution is 2.33. The van der Waals surface area contributed by atoms with Crippen LogP contribution in [0.5, 0.6) is 5.75 Å². The summed E-state index contributed by atoms with van der Waals surface area (Å²) in [6, 6.07) is 12.4. The Bertz CT molecular complexity index is 746. The van der Waals surface area contributed by atoms with Crippen LogP contribution in [0.2, 0.25) is 10.0 Å². The second-order valence-electron chi connectivity index (χ2n) is 5.69. The Hall–Kier alpha value is -1.95. The van der Waals surface area contributed by atoms with Crippen molar-refractivity contribution in [2.45, 2.75) is 19.1 Å². The van der Waals surface area contributed by atoms with Crippen LogP contribution in [-0.2, 0) is 4.74 Å². The molecule has 0 spiro atoms. The molecule has 1 N–H and O–H groups in total. The van der Waals surface area contributed by atoms with Crippen molar-refractivity contribution in [2.24, 2.45) is 0 Å². The van der Waals surface area contributed by atoms with Gasteiger partial charge in [-0.2, -0.15) is 0 Å². The molecule has 1 aliphatic heterocycles. The van der Waals surface area contributed by atoms with Crippen LogP contribution in [0.25, 0.3) is 0 Å². The molecular weight excluding hydrogens is 365 g/mol. The van der Waals surface area contributed by atoms with Gasteiger partial charge in [0.25, 0.3) is 0 Å². The Morgan fingerprint density at radius 1 is 1.24 bits per heavy atom. The topological polar surface area (TPSA) is 59.0 Å². The lowest BCUT2D eigenvalue weighted by Crippen LogP contribution is -2.25. The van der Waals surface area contributed by atoms with Crippen LogP contribution in [0.3, 0.4) is 0 Å². The van der Waals surface area contributed by atoms with Gasteiger partial charge in [-0.25, -0.2) is 4.79 Å². The maximum absolute atomic E-state index is 11.8. The molecule has 132 valence electrons. The summed E-state index contributed by atoms with van der Waals surface area (Å²) in [5.41, 5.74) is 1.40. The first-order valence-corrected chi connectivity index (χ1v) is 8.55. The highest BCUT2D eigenvalue weighted by molar-refractivity contribution is 6.36. The van der Waals surface area contributed by atoms with E-state index < -0.39 is 12.2 Å². The number of hydrogen-bond acceptors (Lipinski definition) is 4. The number of amides is 1. The SMILES string of the molecule is CC(Oc1ccc(N2CC(CO)OC2=O)cc1)c1c(Cl)cccc1Cl. The fraction of sp³-hybridized carbons (Fsp3) is 0.278. The van der Waals surface area contributed by atoms with E-state index in [1.807, 2.05) is 6.92 Å². The van der Waals surface area contributed by atoms with Crippen LogP contribution < -0.4 is 9.64 Å². The molecule has 3 rings (SSSR count). The zero-order valence-corrected chi connectivity index (χ0v) is 15.0. The molecule has 0 radical (unpaired) electrons. The van der Waals surface area contributed by atoms with Gasteiger partial charge in [0.1, 0.15) is 18.0 Å². The Morgan fingerprint density at radius 2 is 1.88 bits per heavy atom. The van der Waals surface area contributed by atoms with Crippen LogP contribution >= 0.6 is 23.2 Å². The zero-order chi connectivity index (χ0) is 18.0. The maximum Gasteiger partial charge on any atom is 0.414 e. The van der Waals surface area contributed by atoms with Gasteiger partial charge in [0.2, 0.25) is 0 Å². The van der Waals surface area contributed by atoms with E-state index in [1.54, 1.807) is 42.5 Å². The fourth-order valence-electron chi connectivity index (χ4n) is 2.69. The first kappa shape index (κ1) is 17.9. The second-order valence-corrected chi connectivity index (χ2v) is 6.50. The standard InChI is InChI=1S/C18H17Cl2NO4/c1-11(17-15(19)3-2-4-16(17)20)24-13-7-5-12(6-8-13)21-9-14(10-22)25-18(21)23/h2-8,11,14,22H,9-10H2,1H3. The molecule has 1 fully saturated rings. The highest BCUT2D eigenvalue weighted by Gasteiger charge is 2.31. The van der Waals surface area contributed by atoms with Gasteiger partial charge < -0.3 is 14.6 Å². The van der Waals surface area contributed by atoms with Gasteiger partial charge in [-0.1, -0.05) is 29.3 Å². The minimum atomic E-state index is -0.495. The van der Waals surface area contributed by atoms with Crippen LogP contribution in [-0.4, -0.2) is 30.5 Å². The quantitative estimate of drug-likeness (QED) is 0.830. The van der Waals surface area contributed by atoms with Crippen LogP contribution in [0.15, 0.2) is 42.5 Å². The average Bonchev–Trinajstić information content (AvgIpc) is 2.96. The number of benzene rings is 2. The molecule has 0 aliphatic carbocycles. The van der Waals surface area contributed by atoms with E-state index in [1.165, 1.54) is 4.90 Å². The van der Waals surface area contributed by atoms with Gasteiger partial charge in [0.05, 0.1) is 13.2 Å². The Morgan fingerprint density at radius 3 is 2.44 bits per heavy atom. The van der Waals surface area contributed by atoms with Crippen molar-refractivity contribution in [3.05, 3.63) is 58.1 Å². The summed E-state index contributed by atoms with van der Waals surface area (Å²) in [5, 5.41) is 10.2. The molecule has 0 saturated carbocycles. The van der Waals surface area contributed by atoms with Gasteiger partial charge in [-0.15, -0.1) is 0 Å². The summed E-state index contributed by atoms with van der Waals surface area (Å²) in [7, 11) is 0. The smallest absolute Gasteiger partial charge is 0.414 e. The first-order chi connectivity index (χ1) is 12.0. The number of aliphatic hydroxyl groups excluding tert-OH is 1. The van der Waals surface area contributed by atoms with Crippen molar-refractivity contribution < 1.29 is 19.4 Å². The number of rotatable bonds is 5. The molecule has 7 heteroatoms. The van der Waals surface area contributed by atoms with E-state index in [9.17, 15) is 4.79 Å². The number of ether oxygens (including phenoxy) is 2. The minimum absolute atomic E-state index is 0.195. The monoisotopic (exact) mass is 381 g/mol. The summed E-state index contributed by atoms with van der Waals surface area (Å²) >= 11 is 12.4. The van der Waals surface area contributed by atoms with Crippen molar-refractivity contribution in [3.8, 4) is 5.75 Å². The fourth-order valence-corrected chi connectivity index (χ4v) is 3.40. The Balaban J connectivity index is 1.72. The number of carbonyl (C=O) groups excluding carboxylic acids is 1. The maximum atomic E-state index is 11.8. The average molecular weight is 382 g/mol. The van der Waals surface area contributed by atoms with E-state index in [-0.39, 0.29) is 12.7 Å². The number of halogens is 2. The van der Waals surface area contributed by atoms with E-state index in [4.69, 9.17) is 37.8 Å². The highest BCUT2D eigenvalue weighted by atomic mass is 35.5. The number of anilines is 1. The van der Waals surface area contributed by atoms with E-state index >= 15 is 0 Å². The molecule has 1 heterocycles. The van der Waals surface area contributed by atoms with Crippen molar-refractivity contribution in [2.75, 3.05) is 18.1 Å². The summed E-state index contributed by atoms with van der Waals surface area (Å²) in [5.74, 6) is 0.624. The minimum Gasteiger partial charge on any atom is -0.486 e. The molecule has 1 amide bonds. The number of carbonyl (C=O) groups is 1. The van der Waals surface area contributed by atoms with Crippen molar-refractivity contribution in [3.63, 3.8) is 0 Å². The lowest BCUT2D eigenvalue weighted by Gasteiger charge is -2.19. The molecule has 2 atom stereocenters. The predicted octanol–water partition coefficient (Wildman–Crippen LogP) is 4.45. The van der Waals surface area contributed by atoms with E-state index in [0.29, 0.717) is 28.0 Å². The number of cyclic esters (lactones) is 1. The molecule has 2 aromatic rings. The molecule has 0 bridgehead atoms. The normalized spacial score (nSPS) is 18.2. The Labute approximate surface area is 155 Å². The van der Waals surface area contributed by atoms with Crippen LogP contribution in [0, 0.1) is 0 Å². The molecule has 2 aromatic carbocycles. The number of hydrogen-bond donors (Lipinski definition) is 1. The van der Waals surface area contributed by atoms with Gasteiger partial charge in [-0.3, -0.25) is 4.90 Å². The predicted molar refractivity (Wildman–Crippen MR) is 96.6 cm³/mol. The van der Waals surface area contributed by atoms with Crippen molar-refractivity contribution in [1.82, 2.24) is 0 Å². The third-order valence-electron chi connectivity index (χ3n) is 3.95. The molecular formula is C18H17Cl2NO4. The second kappa shape index (κ2) is 7.52. The molecule has 1 aliphatic rings. The molecule has 2 unspecified atom stereocenters. The summed E-state index contributed by atoms with van der Waals surface area (Å²) in [4.78, 5) is 13.3. The molecule has 25 heavy (non-hydrogen) atoms. The van der Waals surface area contributed by atoms with Crippen LogP contribution in [0.4, 0.5) is 10.5 Å². The van der Waals surface area contributed by atoms with Gasteiger partial charge in [0, 0.05) is 21.3 Å². The number of aliphatic hydroxyl groups is 1. The zero-order valence-electron chi connectivity index (χ0n) is 13.5. The van der Waals surface area contributed by atoms with Crippen LogP contribution in [0.1, 0.15) is 18.6 Å². The third-order valence-corrected chi connectivity index (χ3v) is 4.60. The molecule has 1 saturated heterocycles.